The summed E-state index contributed by atoms with van der Waals surface area (Å²) in [6, 6.07) is 4.94. The Morgan fingerprint density at radius 3 is 2.76 bits per heavy atom. The molecule has 1 aromatic rings. The molecule has 0 aliphatic heterocycles. The number of rotatable bonds is 5. The molecule has 0 aliphatic rings. The van der Waals surface area contributed by atoms with Crippen molar-refractivity contribution in [3.05, 3.63) is 24.3 Å². The van der Waals surface area contributed by atoms with Crippen molar-refractivity contribution in [2.75, 3.05) is 0 Å². The van der Waals surface area contributed by atoms with E-state index in [4.69, 9.17) is 6.42 Å². The second-order valence-electron chi connectivity index (χ2n) is 3.63. The first-order valence-corrected chi connectivity index (χ1v) is 6.75. The first-order chi connectivity index (χ1) is 7.99. The molecular weight excluding hydrogens is 238 g/mol. The van der Waals surface area contributed by atoms with Gasteiger partial charge in [0.2, 0.25) is 10.0 Å². The van der Waals surface area contributed by atoms with Crippen molar-refractivity contribution in [2.45, 2.75) is 30.7 Å². The van der Waals surface area contributed by atoms with E-state index in [1.807, 2.05) is 6.92 Å². The average Bonchev–Trinajstić information content (AvgIpc) is 2.28. The molecule has 0 aliphatic carbocycles. The Morgan fingerprint density at radius 1 is 1.53 bits per heavy atom. The molecule has 4 nitrogen and oxygen atoms in total. The zero-order valence-corrected chi connectivity index (χ0v) is 10.4. The molecule has 0 aromatic heterocycles. The highest BCUT2D eigenvalue weighted by Gasteiger charge is 2.18. The van der Waals surface area contributed by atoms with Gasteiger partial charge < -0.3 is 5.11 Å². The molecule has 0 spiro atoms. The monoisotopic (exact) mass is 253 g/mol. The van der Waals surface area contributed by atoms with Crippen LogP contribution in [0.2, 0.25) is 0 Å². The van der Waals surface area contributed by atoms with E-state index in [2.05, 4.69) is 10.6 Å². The van der Waals surface area contributed by atoms with Gasteiger partial charge in [-0.3, -0.25) is 0 Å². The van der Waals surface area contributed by atoms with Gasteiger partial charge in [-0.15, -0.1) is 6.42 Å². The van der Waals surface area contributed by atoms with E-state index in [0.717, 1.165) is 6.42 Å². The van der Waals surface area contributed by atoms with E-state index in [-0.39, 0.29) is 10.6 Å². The van der Waals surface area contributed by atoms with Crippen molar-refractivity contribution in [3.8, 4) is 18.1 Å². The van der Waals surface area contributed by atoms with Crippen LogP contribution in [0.15, 0.2) is 29.2 Å². The van der Waals surface area contributed by atoms with Crippen LogP contribution in [0.3, 0.4) is 0 Å². The fraction of sp³-hybridized carbons (Fsp3) is 0.333. The normalized spacial score (nSPS) is 12.9. The maximum absolute atomic E-state index is 11.9. The fourth-order valence-electron chi connectivity index (χ4n) is 1.37. The third kappa shape index (κ3) is 3.77. The van der Waals surface area contributed by atoms with Crippen molar-refractivity contribution < 1.29 is 13.5 Å². The molecule has 1 aromatic carbocycles. The van der Waals surface area contributed by atoms with Gasteiger partial charge in [-0.1, -0.05) is 25.3 Å². The number of sulfonamides is 1. The number of aromatic hydroxyl groups is 1. The predicted molar refractivity (Wildman–Crippen MR) is 66.0 cm³/mol. The molecule has 0 heterocycles. The lowest BCUT2D eigenvalue weighted by Gasteiger charge is -2.12. The zero-order valence-electron chi connectivity index (χ0n) is 9.55. The lowest BCUT2D eigenvalue weighted by Crippen LogP contribution is -2.33. The van der Waals surface area contributed by atoms with Crippen molar-refractivity contribution in [3.63, 3.8) is 0 Å². The highest BCUT2D eigenvalue weighted by molar-refractivity contribution is 7.89. The van der Waals surface area contributed by atoms with E-state index in [9.17, 15) is 13.5 Å². The number of hydrogen-bond donors (Lipinski definition) is 2. The molecule has 17 heavy (non-hydrogen) atoms. The van der Waals surface area contributed by atoms with Crippen LogP contribution in [-0.4, -0.2) is 19.6 Å². The van der Waals surface area contributed by atoms with Gasteiger partial charge in [-0.25, -0.2) is 8.42 Å². The number of phenolic OH excluding ortho intramolecular Hbond substituents is 1. The third-order valence-electron chi connectivity index (χ3n) is 2.20. The first kappa shape index (κ1) is 13.6. The Bertz CT molecular complexity index is 517. The minimum Gasteiger partial charge on any atom is -0.508 e. The van der Waals surface area contributed by atoms with Gasteiger partial charge in [-0.2, -0.15) is 4.72 Å². The molecule has 0 saturated heterocycles. The summed E-state index contributed by atoms with van der Waals surface area (Å²) in [4.78, 5) is 0.00820. The highest BCUT2D eigenvalue weighted by Crippen LogP contribution is 2.16. The Kier molecular flexibility index (Phi) is 4.55. The molecule has 0 radical (unpaired) electrons. The molecule has 2 N–H and O–H groups in total. The van der Waals surface area contributed by atoms with Gasteiger partial charge in [0, 0.05) is 0 Å². The van der Waals surface area contributed by atoms with Crippen LogP contribution < -0.4 is 4.72 Å². The second kappa shape index (κ2) is 5.71. The van der Waals surface area contributed by atoms with Crippen molar-refractivity contribution >= 4 is 10.0 Å². The number of benzene rings is 1. The SMILES string of the molecule is C#CC(CCC)NS(=O)(=O)c1cccc(O)c1. The molecule has 5 heteroatoms. The summed E-state index contributed by atoms with van der Waals surface area (Å²) in [5.74, 6) is 2.29. The molecule has 0 amide bonds. The summed E-state index contributed by atoms with van der Waals surface area (Å²) >= 11 is 0. The minimum atomic E-state index is -3.67. The van der Waals surface area contributed by atoms with Crippen LogP contribution in [0.25, 0.3) is 0 Å². The van der Waals surface area contributed by atoms with Crippen LogP contribution in [0.5, 0.6) is 5.75 Å². The van der Waals surface area contributed by atoms with E-state index in [1.165, 1.54) is 24.3 Å². The summed E-state index contributed by atoms with van der Waals surface area (Å²) in [6.07, 6.45) is 6.61. The summed E-state index contributed by atoms with van der Waals surface area (Å²) in [5, 5.41) is 9.24. The number of phenols is 1. The van der Waals surface area contributed by atoms with E-state index < -0.39 is 16.1 Å². The van der Waals surface area contributed by atoms with Crippen LogP contribution >= 0.6 is 0 Å². The van der Waals surface area contributed by atoms with Crippen LogP contribution in [0, 0.1) is 12.3 Å². The number of nitrogens with one attached hydrogen (secondary N) is 1. The smallest absolute Gasteiger partial charge is 0.241 e. The van der Waals surface area contributed by atoms with E-state index >= 15 is 0 Å². The van der Waals surface area contributed by atoms with Crippen LogP contribution in [0.4, 0.5) is 0 Å². The van der Waals surface area contributed by atoms with Crippen molar-refractivity contribution in [1.29, 1.82) is 0 Å². The van der Waals surface area contributed by atoms with Crippen LogP contribution in [0.1, 0.15) is 19.8 Å². The Morgan fingerprint density at radius 2 is 2.24 bits per heavy atom. The van der Waals surface area contributed by atoms with Gasteiger partial charge in [0.25, 0.3) is 0 Å². The molecule has 92 valence electrons. The van der Waals surface area contributed by atoms with E-state index in [0.29, 0.717) is 6.42 Å². The van der Waals surface area contributed by atoms with Crippen LogP contribution in [-0.2, 0) is 10.0 Å². The quantitative estimate of drug-likeness (QED) is 0.781. The Labute approximate surface area is 102 Å². The topological polar surface area (TPSA) is 66.4 Å². The molecule has 1 unspecified atom stereocenters. The second-order valence-corrected chi connectivity index (χ2v) is 5.34. The minimum absolute atomic E-state index is 0.00820. The zero-order chi connectivity index (χ0) is 12.9. The number of terminal acetylenes is 1. The average molecular weight is 253 g/mol. The molecule has 0 bridgehead atoms. The first-order valence-electron chi connectivity index (χ1n) is 5.27. The summed E-state index contributed by atoms with van der Waals surface area (Å²) in [6.45, 7) is 1.92. The lowest BCUT2D eigenvalue weighted by atomic mass is 10.2. The molecule has 1 rings (SSSR count). The van der Waals surface area contributed by atoms with Gasteiger partial charge in [0.1, 0.15) is 5.75 Å². The Hall–Kier alpha value is -1.51. The molecule has 0 fully saturated rings. The van der Waals surface area contributed by atoms with Crippen molar-refractivity contribution in [1.82, 2.24) is 4.72 Å². The maximum atomic E-state index is 11.9. The lowest BCUT2D eigenvalue weighted by molar-refractivity contribution is 0.473. The van der Waals surface area contributed by atoms with Crippen molar-refractivity contribution in [2.24, 2.45) is 0 Å². The number of hydrogen-bond acceptors (Lipinski definition) is 3. The maximum Gasteiger partial charge on any atom is 0.241 e. The predicted octanol–water partition coefficient (Wildman–Crippen LogP) is 1.47. The molecular formula is C12H15NO3S. The molecule has 0 saturated carbocycles. The molecule has 1 atom stereocenters. The summed E-state index contributed by atoms with van der Waals surface area (Å²) in [5.41, 5.74) is 0. The third-order valence-corrected chi connectivity index (χ3v) is 3.67. The van der Waals surface area contributed by atoms with Gasteiger partial charge in [-0.05, 0) is 24.6 Å². The van der Waals surface area contributed by atoms with Gasteiger partial charge in [0.05, 0.1) is 10.9 Å². The summed E-state index contributed by atoms with van der Waals surface area (Å²) in [7, 11) is -3.67. The standard InChI is InChI=1S/C12H15NO3S/c1-3-6-10(4-2)13-17(15,16)12-8-5-7-11(14)9-12/h2,5,7-10,13-14H,3,6H2,1H3. The largest absolute Gasteiger partial charge is 0.508 e. The highest BCUT2D eigenvalue weighted by atomic mass is 32.2. The van der Waals surface area contributed by atoms with Gasteiger partial charge >= 0.3 is 0 Å². The summed E-state index contributed by atoms with van der Waals surface area (Å²) < 4.78 is 26.2. The van der Waals surface area contributed by atoms with E-state index in [1.54, 1.807) is 0 Å². The Balaban J connectivity index is 2.93. The fourth-order valence-corrected chi connectivity index (χ4v) is 2.60. The van der Waals surface area contributed by atoms with Gasteiger partial charge in [0.15, 0.2) is 0 Å².